The molecule has 0 aliphatic carbocycles. The Balaban J connectivity index is 2.05. The number of benzene rings is 3. The lowest BCUT2D eigenvalue weighted by atomic mass is 10.1. The van der Waals surface area contributed by atoms with Crippen LogP contribution in [0.4, 0.5) is 5.69 Å². The third kappa shape index (κ3) is 7.20. The fourth-order valence-corrected chi connectivity index (χ4v) is 5.84. The van der Waals surface area contributed by atoms with Gasteiger partial charge in [-0.05, 0) is 55.3 Å². The van der Waals surface area contributed by atoms with Gasteiger partial charge in [0.25, 0.3) is 10.0 Å². The van der Waals surface area contributed by atoms with E-state index in [2.05, 4.69) is 5.32 Å². The Morgan fingerprint density at radius 2 is 1.63 bits per heavy atom. The Labute approximate surface area is 238 Å². The molecule has 3 aromatic carbocycles. The number of carbonyl (C=O) groups is 2. The Morgan fingerprint density at radius 1 is 0.947 bits per heavy atom. The minimum atomic E-state index is -4.24. The average Bonchev–Trinajstić information content (AvgIpc) is 2.90. The van der Waals surface area contributed by atoms with Gasteiger partial charge in [-0.25, -0.2) is 8.42 Å². The zero-order valence-corrected chi connectivity index (χ0v) is 24.0. The first kappa shape index (κ1) is 29.8. The highest BCUT2D eigenvalue weighted by Gasteiger charge is 2.33. The minimum absolute atomic E-state index is 0.0170. The molecule has 0 radical (unpaired) electrons. The van der Waals surface area contributed by atoms with Crippen molar-refractivity contribution in [3.05, 3.63) is 93.4 Å². The van der Waals surface area contributed by atoms with E-state index in [1.54, 1.807) is 55.5 Å². The van der Waals surface area contributed by atoms with Gasteiger partial charge in [0.1, 0.15) is 12.6 Å². The van der Waals surface area contributed by atoms with Gasteiger partial charge in [0.2, 0.25) is 11.8 Å². The van der Waals surface area contributed by atoms with Crippen molar-refractivity contribution in [1.29, 1.82) is 0 Å². The van der Waals surface area contributed by atoms with Gasteiger partial charge in [-0.2, -0.15) is 0 Å². The third-order valence-electron chi connectivity index (χ3n) is 5.77. The minimum Gasteiger partial charge on any atom is -0.354 e. The lowest BCUT2D eigenvalue weighted by Gasteiger charge is -2.32. The number of nitrogens with zero attached hydrogens (tertiary/aromatic N) is 2. The molecule has 1 N–H and O–H groups in total. The van der Waals surface area contributed by atoms with Crippen LogP contribution >= 0.6 is 34.8 Å². The van der Waals surface area contributed by atoms with Crippen molar-refractivity contribution in [1.82, 2.24) is 10.2 Å². The van der Waals surface area contributed by atoms with Crippen LogP contribution in [0, 0.1) is 0 Å². The molecule has 2 amide bonds. The number of halogens is 3. The smallest absolute Gasteiger partial charge is 0.264 e. The van der Waals surface area contributed by atoms with Gasteiger partial charge in [-0.3, -0.25) is 13.9 Å². The summed E-state index contributed by atoms with van der Waals surface area (Å²) >= 11 is 18.8. The van der Waals surface area contributed by atoms with E-state index in [-0.39, 0.29) is 33.1 Å². The summed E-state index contributed by atoms with van der Waals surface area (Å²) in [4.78, 5) is 28.0. The zero-order valence-electron chi connectivity index (χ0n) is 20.9. The molecule has 3 rings (SSSR count). The Kier molecular flexibility index (Phi) is 10.4. The van der Waals surface area contributed by atoms with Crippen molar-refractivity contribution in [3.8, 4) is 0 Å². The van der Waals surface area contributed by atoms with Crippen LogP contribution in [0.5, 0.6) is 0 Å². The highest BCUT2D eigenvalue weighted by Crippen LogP contribution is 2.35. The fourth-order valence-electron chi connectivity index (χ4n) is 3.73. The lowest BCUT2D eigenvalue weighted by molar-refractivity contribution is -0.139. The molecule has 1 unspecified atom stereocenters. The van der Waals surface area contributed by atoms with E-state index in [0.29, 0.717) is 17.1 Å². The normalized spacial score (nSPS) is 12.0. The maximum atomic E-state index is 13.8. The Morgan fingerprint density at radius 3 is 2.29 bits per heavy atom. The van der Waals surface area contributed by atoms with E-state index in [9.17, 15) is 18.0 Å². The first-order valence-electron chi connectivity index (χ1n) is 11.9. The molecule has 7 nitrogen and oxygen atoms in total. The van der Waals surface area contributed by atoms with Crippen LogP contribution in [0.15, 0.2) is 77.7 Å². The summed E-state index contributed by atoms with van der Waals surface area (Å²) < 4.78 is 28.4. The van der Waals surface area contributed by atoms with Crippen molar-refractivity contribution >= 4 is 62.3 Å². The topological polar surface area (TPSA) is 86.8 Å². The van der Waals surface area contributed by atoms with Crippen LogP contribution in [0.1, 0.15) is 25.8 Å². The largest absolute Gasteiger partial charge is 0.354 e. The molecular formula is C27H28Cl3N3O4S. The lowest BCUT2D eigenvalue weighted by Crippen LogP contribution is -2.51. The third-order valence-corrected chi connectivity index (χ3v) is 8.59. The molecule has 1 atom stereocenters. The molecule has 0 bridgehead atoms. The first-order valence-corrected chi connectivity index (χ1v) is 14.5. The van der Waals surface area contributed by atoms with Crippen LogP contribution < -0.4 is 9.62 Å². The second-order valence-electron chi connectivity index (χ2n) is 8.52. The number of rotatable bonds is 11. The second kappa shape index (κ2) is 13.3. The van der Waals surface area contributed by atoms with Gasteiger partial charge in [0.05, 0.1) is 20.6 Å². The van der Waals surface area contributed by atoms with Crippen molar-refractivity contribution < 1.29 is 18.0 Å². The maximum absolute atomic E-state index is 13.8. The number of hydrogen-bond acceptors (Lipinski definition) is 4. The van der Waals surface area contributed by atoms with E-state index in [1.807, 2.05) is 6.92 Å². The molecule has 11 heteroatoms. The highest BCUT2D eigenvalue weighted by atomic mass is 35.5. The molecule has 202 valence electrons. The van der Waals surface area contributed by atoms with Crippen molar-refractivity contribution in [2.24, 2.45) is 0 Å². The quantitative estimate of drug-likeness (QED) is 0.304. The van der Waals surface area contributed by atoms with Crippen LogP contribution in [-0.4, -0.2) is 44.3 Å². The number of amides is 2. The summed E-state index contributed by atoms with van der Waals surface area (Å²) in [6.45, 7) is 3.36. The molecule has 0 saturated carbocycles. The van der Waals surface area contributed by atoms with E-state index in [4.69, 9.17) is 34.8 Å². The van der Waals surface area contributed by atoms with Gasteiger partial charge < -0.3 is 10.2 Å². The predicted molar refractivity (Wildman–Crippen MR) is 152 cm³/mol. The SMILES string of the molecule is CCCNC(=O)C(C)N(Cc1cccc(Cl)c1)C(=O)CN(c1cccc(Cl)c1Cl)S(=O)(=O)c1ccccc1. The molecular weight excluding hydrogens is 569 g/mol. The highest BCUT2D eigenvalue weighted by molar-refractivity contribution is 7.92. The van der Waals surface area contributed by atoms with Crippen LogP contribution in [0.2, 0.25) is 15.1 Å². The van der Waals surface area contributed by atoms with Gasteiger partial charge >= 0.3 is 0 Å². The molecule has 0 aliphatic rings. The maximum Gasteiger partial charge on any atom is 0.264 e. The Hall–Kier alpha value is -2.78. The van der Waals surface area contributed by atoms with Crippen molar-refractivity contribution in [3.63, 3.8) is 0 Å². The summed E-state index contributed by atoms with van der Waals surface area (Å²) in [5, 5.41) is 3.38. The summed E-state index contributed by atoms with van der Waals surface area (Å²) in [5.41, 5.74) is 0.724. The molecule has 0 aliphatic heterocycles. The standard InChI is InChI=1S/C27H28Cl3N3O4S/c1-3-15-31-27(35)19(2)32(17-20-9-7-10-21(28)16-20)25(34)18-33(24-14-8-13-23(29)26(24)30)38(36,37)22-11-5-4-6-12-22/h4-14,16,19H,3,15,17-18H2,1-2H3,(H,31,35). The van der Waals surface area contributed by atoms with E-state index < -0.39 is 28.5 Å². The Bertz CT molecular complexity index is 1390. The van der Waals surface area contributed by atoms with Gasteiger partial charge in [-0.1, -0.05) is 78.1 Å². The van der Waals surface area contributed by atoms with Crippen molar-refractivity contribution in [2.75, 3.05) is 17.4 Å². The van der Waals surface area contributed by atoms with E-state index in [0.717, 1.165) is 10.7 Å². The predicted octanol–water partition coefficient (Wildman–Crippen LogP) is 5.79. The molecule has 38 heavy (non-hydrogen) atoms. The summed E-state index contributed by atoms with van der Waals surface area (Å²) in [7, 11) is -4.24. The molecule has 0 fully saturated rings. The number of carbonyl (C=O) groups excluding carboxylic acids is 2. The van der Waals surface area contributed by atoms with E-state index >= 15 is 0 Å². The van der Waals surface area contributed by atoms with Crippen molar-refractivity contribution in [2.45, 2.75) is 37.8 Å². The van der Waals surface area contributed by atoms with Crippen LogP contribution in [0.25, 0.3) is 0 Å². The number of anilines is 1. The fraction of sp³-hybridized carbons (Fsp3) is 0.259. The summed E-state index contributed by atoms with van der Waals surface area (Å²) in [6, 6.07) is 18.2. The number of sulfonamides is 1. The van der Waals surface area contributed by atoms with Gasteiger partial charge in [0.15, 0.2) is 0 Å². The second-order valence-corrected chi connectivity index (χ2v) is 11.6. The first-order chi connectivity index (χ1) is 18.1. The summed E-state index contributed by atoms with van der Waals surface area (Å²) in [6.07, 6.45) is 0.719. The van der Waals surface area contributed by atoms with Gasteiger partial charge in [0, 0.05) is 18.1 Å². The molecule has 0 saturated heterocycles. The molecule has 0 aromatic heterocycles. The monoisotopic (exact) mass is 595 g/mol. The van der Waals surface area contributed by atoms with Gasteiger partial charge in [-0.15, -0.1) is 0 Å². The number of hydrogen-bond donors (Lipinski definition) is 1. The van der Waals surface area contributed by atoms with E-state index in [1.165, 1.54) is 29.2 Å². The summed E-state index contributed by atoms with van der Waals surface area (Å²) in [5.74, 6) is -0.972. The number of nitrogens with one attached hydrogen (secondary N) is 1. The molecule has 3 aromatic rings. The molecule has 0 spiro atoms. The van der Waals surface area contributed by atoms with Crippen LogP contribution in [-0.2, 0) is 26.2 Å². The zero-order chi connectivity index (χ0) is 27.9. The average molecular weight is 597 g/mol. The molecule has 0 heterocycles. The van der Waals surface area contributed by atoms with Crippen LogP contribution in [0.3, 0.4) is 0 Å².